The van der Waals surface area contributed by atoms with E-state index in [2.05, 4.69) is 32.8 Å². The third-order valence-electron chi connectivity index (χ3n) is 2.91. The third kappa shape index (κ3) is 6.25. The standard InChI is InChI=1S/C15H22BrN3O2/c1-5-19(4)10-17-14-9-13(16)15(18-12(14)3)21-8-6-7-11(2)20/h9-10H,5-8H2,1-4H3/b17-10+. The van der Waals surface area contributed by atoms with E-state index in [1.54, 1.807) is 13.3 Å². The molecule has 0 aliphatic carbocycles. The summed E-state index contributed by atoms with van der Waals surface area (Å²) in [5.41, 5.74) is 1.61. The lowest BCUT2D eigenvalue weighted by Gasteiger charge is -2.11. The first-order valence-electron chi connectivity index (χ1n) is 6.97. The summed E-state index contributed by atoms with van der Waals surface area (Å²) in [4.78, 5) is 21.7. The summed E-state index contributed by atoms with van der Waals surface area (Å²) in [5, 5.41) is 0. The van der Waals surface area contributed by atoms with Gasteiger partial charge in [-0.1, -0.05) is 0 Å². The van der Waals surface area contributed by atoms with Crippen LogP contribution in [0.1, 0.15) is 32.4 Å². The molecule has 0 aromatic carbocycles. The number of rotatable bonds is 8. The van der Waals surface area contributed by atoms with E-state index >= 15 is 0 Å². The second-order valence-electron chi connectivity index (χ2n) is 4.85. The average molecular weight is 356 g/mol. The third-order valence-corrected chi connectivity index (χ3v) is 3.48. The quantitative estimate of drug-likeness (QED) is 0.406. The number of aryl methyl sites for hydroxylation is 1. The molecule has 1 heterocycles. The molecule has 0 aliphatic rings. The highest BCUT2D eigenvalue weighted by Crippen LogP contribution is 2.29. The number of aromatic nitrogens is 1. The van der Waals surface area contributed by atoms with E-state index in [0.29, 0.717) is 25.3 Å². The summed E-state index contributed by atoms with van der Waals surface area (Å²) in [7, 11) is 1.97. The van der Waals surface area contributed by atoms with Crippen LogP contribution < -0.4 is 4.74 Å². The second kappa shape index (κ2) is 8.77. The lowest BCUT2D eigenvalue weighted by Crippen LogP contribution is -2.14. The van der Waals surface area contributed by atoms with Gasteiger partial charge in [0.2, 0.25) is 5.88 Å². The van der Waals surface area contributed by atoms with Gasteiger partial charge in [0.25, 0.3) is 0 Å². The molecule has 5 nitrogen and oxygen atoms in total. The Hall–Kier alpha value is -1.43. The number of hydrogen-bond donors (Lipinski definition) is 0. The van der Waals surface area contributed by atoms with Gasteiger partial charge in [-0.2, -0.15) is 0 Å². The normalized spacial score (nSPS) is 10.9. The summed E-state index contributed by atoms with van der Waals surface area (Å²) in [5.74, 6) is 0.713. The monoisotopic (exact) mass is 355 g/mol. The van der Waals surface area contributed by atoms with Crippen molar-refractivity contribution < 1.29 is 9.53 Å². The van der Waals surface area contributed by atoms with Gasteiger partial charge in [0.15, 0.2) is 0 Å². The zero-order valence-electron chi connectivity index (χ0n) is 13.0. The zero-order chi connectivity index (χ0) is 15.8. The molecule has 0 saturated carbocycles. The van der Waals surface area contributed by atoms with Gasteiger partial charge in [-0.15, -0.1) is 0 Å². The average Bonchev–Trinajstić information content (AvgIpc) is 2.44. The van der Waals surface area contributed by atoms with Gasteiger partial charge < -0.3 is 14.4 Å². The van der Waals surface area contributed by atoms with Crippen LogP contribution in [0, 0.1) is 6.92 Å². The lowest BCUT2D eigenvalue weighted by molar-refractivity contribution is -0.117. The van der Waals surface area contributed by atoms with Crippen LogP contribution in [-0.2, 0) is 4.79 Å². The fourth-order valence-corrected chi connectivity index (χ4v) is 1.93. The number of carbonyl (C=O) groups is 1. The van der Waals surface area contributed by atoms with Crippen LogP contribution >= 0.6 is 15.9 Å². The van der Waals surface area contributed by atoms with Crippen molar-refractivity contribution in [2.75, 3.05) is 20.2 Å². The Kier molecular flexibility index (Phi) is 7.36. The maximum absolute atomic E-state index is 10.9. The molecule has 0 aliphatic heterocycles. The number of ketones is 1. The minimum absolute atomic E-state index is 0.173. The van der Waals surface area contributed by atoms with E-state index in [9.17, 15) is 4.79 Å². The molecule has 0 bridgehead atoms. The van der Waals surface area contributed by atoms with Crippen LogP contribution in [0.5, 0.6) is 5.88 Å². The number of carbonyl (C=O) groups excluding carboxylic acids is 1. The van der Waals surface area contributed by atoms with Crippen LogP contribution in [0.4, 0.5) is 5.69 Å². The minimum Gasteiger partial charge on any atom is -0.477 e. The highest BCUT2D eigenvalue weighted by atomic mass is 79.9. The molecule has 0 N–H and O–H groups in total. The van der Waals surface area contributed by atoms with Gasteiger partial charge in [0.05, 0.1) is 28.8 Å². The summed E-state index contributed by atoms with van der Waals surface area (Å²) in [6, 6.07) is 1.89. The summed E-state index contributed by atoms with van der Waals surface area (Å²) in [6.45, 7) is 6.91. The fourth-order valence-electron chi connectivity index (χ4n) is 1.51. The van der Waals surface area contributed by atoms with Crippen molar-refractivity contribution in [3.05, 3.63) is 16.2 Å². The molecular weight excluding hydrogens is 334 g/mol. The molecule has 0 fully saturated rings. The molecule has 6 heteroatoms. The number of hydrogen-bond acceptors (Lipinski definition) is 4. The highest BCUT2D eigenvalue weighted by Gasteiger charge is 2.08. The molecule has 1 aromatic rings. The number of Topliss-reactive ketones (excluding diaryl/α,β-unsaturated/α-hetero) is 1. The van der Waals surface area contributed by atoms with E-state index in [1.165, 1.54) is 0 Å². The van der Waals surface area contributed by atoms with Gasteiger partial charge in [-0.3, -0.25) is 0 Å². The maximum atomic E-state index is 10.9. The molecule has 0 spiro atoms. The van der Waals surface area contributed by atoms with Gasteiger partial charge in [0.1, 0.15) is 5.78 Å². The minimum atomic E-state index is 0.173. The topological polar surface area (TPSA) is 54.8 Å². The Morgan fingerprint density at radius 3 is 2.90 bits per heavy atom. The summed E-state index contributed by atoms with van der Waals surface area (Å²) < 4.78 is 6.36. The molecule has 116 valence electrons. The van der Waals surface area contributed by atoms with E-state index in [4.69, 9.17) is 4.74 Å². The lowest BCUT2D eigenvalue weighted by atomic mass is 10.2. The first-order valence-corrected chi connectivity index (χ1v) is 7.77. The van der Waals surface area contributed by atoms with Crippen LogP contribution in [0.3, 0.4) is 0 Å². The predicted molar refractivity (Wildman–Crippen MR) is 88.5 cm³/mol. The van der Waals surface area contributed by atoms with E-state index in [-0.39, 0.29) is 5.78 Å². The fraction of sp³-hybridized carbons (Fsp3) is 0.533. The van der Waals surface area contributed by atoms with Crippen molar-refractivity contribution in [1.29, 1.82) is 0 Å². The second-order valence-corrected chi connectivity index (χ2v) is 5.71. The largest absolute Gasteiger partial charge is 0.477 e. The molecule has 0 amide bonds. The van der Waals surface area contributed by atoms with Crippen molar-refractivity contribution in [3.8, 4) is 5.88 Å². The van der Waals surface area contributed by atoms with Crippen LogP contribution in [0.25, 0.3) is 0 Å². The van der Waals surface area contributed by atoms with Crippen molar-refractivity contribution in [2.24, 2.45) is 4.99 Å². The molecule has 1 rings (SSSR count). The summed E-state index contributed by atoms with van der Waals surface area (Å²) in [6.07, 6.45) is 3.01. The van der Waals surface area contributed by atoms with Crippen LogP contribution in [-0.4, -0.2) is 42.2 Å². The van der Waals surface area contributed by atoms with E-state index < -0.39 is 0 Å². The molecule has 0 saturated heterocycles. The Bertz CT molecular complexity index is 518. The van der Waals surface area contributed by atoms with Gasteiger partial charge in [-0.25, -0.2) is 9.98 Å². The molecular formula is C15H22BrN3O2. The highest BCUT2D eigenvalue weighted by molar-refractivity contribution is 9.10. The molecule has 21 heavy (non-hydrogen) atoms. The first kappa shape index (κ1) is 17.6. The zero-order valence-corrected chi connectivity index (χ0v) is 14.6. The van der Waals surface area contributed by atoms with Crippen LogP contribution in [0.15, 0.2) is 15.5 Å². The molecule has 0 unspecified atom stereocenters. The predicted octanol–water partition coefficient (Wildman–Crippen LogP) is 3.51. The van der Waals surface area contributed by atoms with E-state index in [0.717, 1.165) is 22.4 Å². The van der Waals surface area contributed by atoms with Crippen molar-refractivity contribution in [2.45, 2.75) is 33.6 Å². The van der Waals surface area contributed by atoms with Crippen LogP contribution in [0.2, 0.25) is 0 Å². The van der Waals surface area contributed by atoms with Gasteiger partial charge in [-0.05, 0) is 49.2 Å². The Morgan fingerprint density at radius 1 is 1.57 bits per heavy atom. The number of halogens is 1. The number of aliphatic imine (C=N–C) groups is 1. The first-order chi connectivity index (χ1) is 9.93. The van der Waals surface area contributed by atoms with Gasteiger partial charge >= 0.3 is 0 Å². The molecule has 0 atom stereocenters. The van der Waals surface area contributed by atoms with Crippen molar-refractivity contribution >= 4 is 33.7 Å². The van der Waals surface area contributed by atoms with Gasteiger partial charge in [0, 0.05) is 20.0 Å². The number of ether oxygens (including phenoxy) is 1. The Labute approximate surface area is 134 Å². The molecule has 1 aromatic heterocycles. The molecule has 0 radical (unpaired) electrons. The number of pyridine rings is 1. The van der Waals surface area contributed by atoms with Crippen molar-refractivity contribution in [1.82, 2.24) is 9.88 Å². The summed E-state index contributed by atoms with van der Waals surface area (Å²) >= 11 is 3.44. The van der Waals surface area contributed by atoms with E-state index in [1.807, 2.05) is 24.9 Å². The smallest absolute Gasteiger partial charge is 0.228 e. The maximum Gasteiger partial charge on any atom is 0.228 e. The SMILES string of the molecule is CCN(C)/C=N/c1cc(Br)c(OCCCC(C)=O)nc1C. The number of nitrogens with zero attached hydrogens (tertiary/aromatic N) is 3. The Morgan fingerprint density at radius 2 is 2.29 bits per heavy atom. The van der Waals surface area contributed by atoms with Crippen molar-refractivity contribution in [3.63, 3.8) is 0 Å². The Balaban J connectivity index is 2.70.